The molecule has 0 aromatic heterocycles. The molecule has 0 spiro atoms. The number of hydrogen-bond acceptors (Lipinski definition) is 1. The van der Waals surface area contributed by atoms with Crippen LogP contribution < -0.4 is 0 Å². The zero-order chi connectivity index (χ0) is 0. The van der Waals surface area contributed by atoms with E-state index in [0.717, 1.165) is 0 Å². The first-order valence-electron chi connectivity index (χ1n) is 0. The van der Waals surface area contributed by atoms with Crippen LogP contribution in [0, 0.1) is 0 Å². The van der Waals surface area contributed by atoms with Crippen molar-refractivity contribution in [3.05, 3.63) is 0 Å². The fourth-order valence-corrected chi connectivity index (χ4v) is 0. The first-order valence-corrected chi connectivity index (χ1v) is 0. The van der Waals surface area contributed by atoms with Crippen LogP contribution in [0.3, 0.4) is 0 Å². The molecule has 0 aliphatic carbocycles. The van der Waals surface area contributed by atoms with E-state index in [1.165, 1.54) is 0 Å². The van der Waals surface area contributed by atoms with Crippen LogP contribution in [0.1, 0.15) is 0 Å². The van der Waals surface area contributed by atoms with Gasteiger partial charge in [0.05, 0.1) is 0 Å². The second-order valence-electron chi connectivity index (χ2n) is 0. The summed E-state index contributed by atoms with van der Waals surface area (Å²) >= 11 is 0. The van der Waals surface area contributed by atoms with E-state index in [2.05, 4.69) is 0 Å². The molecule has 0 aliphatic heterocycles. The van der Waals surface area contributed by atoms with Gasteiger partial charge in [0.25, 0.3) is 0 Å². The second kappa shape index (κ2) is 19.3. The van der Waals surface area contributed by atoms with E-state index in [1.807, 2.05) is 0 Å². The van der Waals surface area contributed by atoms with Crippen molar-refractivity contribution in [1.82, 2.24) is 0 Å². The van der Waals surface area contributed by atoms with Crippen molar-refractivity contribution >= 4 is 40.4 Å². The minimum absolute atomic E-state index is 0. The third-order valence-electron chi connectivity index (χ3n) is 0. The van der Waals surface area contributed by atoms with E-state index < -0.39 is 0 Å². The van der Waals surface area contributed by atoms with Crippen LogP contribution in [0.25, 0.3) is 0 Å². The molecule has 0 atom stereocenters. The van der Waals surface area contributed by atoms with E-state index in [-0.39, 0.29) is 71.7 Å². The van der Waals surface area contributed by atoms with Crippen LogP contribution in [0.15, 0.2) is 0 Å². The summed E-state index contributed by atoms with van der Waals surface area (Å²) < 4.78 is 0. The van der Waals surface area contributed by atoms with Gasteiger partial charge in [0.15, 0.2) is 17.4 Å². The Balaban J connectivity index is 0. The van der Waals surface area contributed by atoms with E-state index in [4.69, 9.17) is 0 Å². The number of rotatable bonds is 0. The summed E-state index contributed by atoms with van der Waals surface area (Å²) in [6, 6.07) is 0. The topological polar surface area (TPSA) is 30.0 Å². The van der Waals surface area contributed by atoms with Gasteiger partial charge in [-0.1, -0.05) is 0 Å². The molecular formula is H5AlMgOSc. The van der Waals surface area contributed by atoms with Gasteiger partial charge in [-0.2, -0.15) is 0 Å². The zero-order valence-electron chi connectivity index (χ0n) is 2.02. The molecule has 19 valence electrons. The number of hydrogen-bond donors (Lipinski definition) is 0. The third-order valence-corrected chi connectivity index (χ3v) is 0. The molecule has 0 fully saturated rings. The molecule has 0 aromatic rings. The Morgan fingerprint density at radius 1 is 1.00 bits per heavy atom. The fourth-order valence-electron chi connectivity index (χ4n) is 0. The predicted octanol–water partition coefficient (Wildman–Crippen LogP) is -2.01. The molecule has 0 aliphatic rings. The summed E-state index contributed by atoms with van der Waals surface area (Å²) in [4.78, 5) is 0. The first-order chi connectivity index (χ1) is 0. The van der Waals surface area contributed by atoms with Crippen molar-refractivity contribution in [1.29, 1.82) is 0 Å². The van der Waals surface area contributed by atoms with Crippen molar-refractivity contribution < 1.29 is 31.3 Å². The molecule has 0 amide bonds. The minimum atomic E-state index is 0. The maximum atomic E-state index is 0. The van der Waals surface area contributed by atoms with Crippen molar-refractivity contribution in [2.45, 2.75) is 0 Å². The van der Waals surface area contributed by atoms with Crippen LogP contribution >= 0.6 is 0 Å². The minimum Gasteiger partial charge on any atom is -0.870 e. The summed E-state index contributed by atoms with van der Waals surface area (Å²) in [5.41, 5.74) is 0. The van der Waals surface area contributed by atoms with Gasteiger partial charge < -0.3 is 5.48 Å². The molecule has 1 N–H and O–H groups in total. The molecule has 0 unspecified atom stereocenters. The van der Waals surface area contributed by atoms with Crippen molar-refractivity contribution in [2.24, 2.45) is 0 Å². The standard InChI is InChI=1S/Al.Mg.H2O.Sc.4H/h;;1H2;;;;;/q;+1;;;;;;/p-1. The maximum Gasteiger partial charge on any atom is 0 e. The van der Waals surface area contributed by atoms with E-state index >= 15 is 0 Å². The normalized spacial score (nSPS) is 0. The SMILES string of the molecule is [AlH3].[MgH+].[OH-].[Sc]. The Morgan fingerprint density at radius 3 is 1.00 bits per heavy atom. The van der Waals surface area contributed by atoms with Crippen LogP contribution in [-0.2, 0) is 25.8 Å². The molecule has 1 nitrogen and oxygen atoms in total. The molecule has 0 heterocycles. The largest absolute Gasteiger partial charge is 0.870 e. The molecule has 0 rings (SSSR count). The molecule has 4 heteroatoms. The molecule has 1 radical (unpaired) electrons. The van der Waals surface area contributed by atoms with Gasteiger partial charge in [-0.25, -0.2) is 0 Å². The van der Waals surface area contributed by atoms with Gasteiger partial charge in [-0.15, -0.1) is 0 Å². The Kier molecular flexibility index (Phi) is 172. The Morgan fingerprint density at radius 2 is 1.00 bits per heavy atom. The molecular weight excluding hydrogens is 112 g/mol. The maximum absolute atomic E-state index is 0. The van der Waals surface area contributed by atoms with E-state index in [9.17, 15) is 0 Å². The zero-order valence-corrected chi connectivity index (χ0v) is 5.83. The van der Waals surface area contributed by atoms with Gasteiger partial charge in [-0.3, -0.25) is 0 Å². The Bertz CT molecular complexity index is 8.00. The quantitative estimate of drug-likeness (QED) is 0.337. The summed E-state index contributed by atoms with van der Waals surface area (Å²) in [5.74, 6) is 0. The summed E-state index contributed by atoms with van der Waals surface area (Å²) in [6.45, 7) is 0. The monoisotopic (exact) mass is 117 g/mol. The predicted molar refractivity (Wildman–Crippen MR) is 19.0 cm³/mol. The fraction of sp³-hybridized carbons (Fsp3) is 0. The van der Waals surface area contributed by atoms with Gasteiger partial charge >= 0.3 is 23.1 Å². The van der Waals surface area contributed by atoms with Crippen LogP contribution in [0.4, 0.5) is 0 Å². The van der Waals surface area contributed by atoms with Gasteiger partial charge in [0, 0.05) is 25.8 Å². The third kappa shape index (κ3) is 8.92. The molecule has 0 aromatic carbocycles. The van der Waals surface area contributed by atoms with Crippen molar-refractivity contribution in [3.63, 3.8) is 0 Å². The molecule has 0 saturated heterocycles. The molecule has 0 bridgehead atoms. The molecule has 0 saturated carbocycles. The smallest absolute Gasteiger partial charge is 0 e. The van der Waals surface area contributed by atoms with Crippen LogP contribution in [0.2, 0.25) is 0 Å². The Labute approximate surface area is 70.9 Å². The van der Waals surface area contributed by atoms with E-state index in [1.54, 1.807) is 0 Å². The summed E-state index contributed by atoms with van der Waals surface area (Å²) in [7, 11) is 0. The van der Waals surface area contributed by atoms with Gasteiger partial charge in [0.2, 0.25) is 0 Å². The van der Waals surface area contributed by atoms with Crippen molar-refractivity contribution in [3.8, 4) is 0 Å². The van der Waals surface area contributed by atoms with Crippen molar-refractivity contribution in [2.75, 3.05) is 0 Å². The van der Waals surface area contributed by atoms with E-state index in [0.29, 0.717) is 0 Å². The van der Waals surface area contributed by atoms with Crippen LogP contribution in [0.5, 0.6) is 0 Å². The van der Waals surface area contributed by atoms with Gasteiger partial charge in [-0.05, 0) is 0 Å². The average Bonchev–Trinajstić information content (AvgIpc) is 0. The Hall–Kier alpha value is 2.13. The summed E-state index contributed by atoms with van der Waals surface area (Å²) in [6.07, 6.45) is 0. The first kappa shape index (κ1) is 35.6. The molecule has 4 heavy (non-hydrogen) atoms. The van der Waals surface area contributed by atoms with Gasteiger partial charge in [0.1, 0.15) is 0 Å². The summed E-state index contributed by atoms with van der Waals surface area (Å²) in [5, 5.41) is 0. The van der Waals surface area contributed by atoms with Crippen LogP contribution in [-0.4, -0.2) is 45.9 Å². The average molecular weight is 117 g/mol. The second-order valence-corrected chi connectivity index (χ2v) is 0.